The SMILES string of the molecule is C=CCOc1ccc(C2CC3CC[C@@H]4[C@@H](CC[C@]5(C)C(c6ccc(OCC=C)cc6)CC[C@@H]45)[C@@]3(C)CC2O)cc1. The van der Waals surface area contributed by atoms with Gasteiger partial charge in [0.2, 0.25) is 0 Å². The fourth-order valence-corrected chi connectivity index (χ4v) is 10.1. The maximum Gasteiger partial charge on any atom is 0.119 e. The maximum absolute atomic E-state index is 11.6. The third-order valence-corrected chi connectivity index (χ3v) is 12.0. The molecular weight excluding hydrogens is 492 g/mol. The summed E-state index contributed by atoms with van der Waals surface area (Å²) in [6.07, 6.45) is 13.3. The average Bonchev–Trinajstić information content (AvgIpc) is 3.32. The van der Waals surface area contributed by atoms with Crippen molar-refractivity contribution in [1.29, 1.82) is 0 Å². The molecule has 214 valence electrons. The van der Waals surface area contributed by atoms with Crippen LogP contribution in [0.15, 0.2) is 73.8 Å². The Balaban J connectivity index is 1.16. The van der Waals surface area contributed by atoms with Gasteiger partial charge in [-0.1, -0.05) is 63.4 Å². The van der Waals surface area contributed by atoms with E-state index in [4.69, 9.17) is 9.47 Å². The molecule has 4 aliphatic carbocycles. The molecular formula is C37H48O3. The van der Waals surface area contributed by atoms with Gasteiger partial charge in [-0.25, -0.2) is 0 Å². The minimum atomic E-state index is -0.272. The quantitative estimate of drug-likeness (QED) is 0.340. The van der Waals surface area contributed by atoms with Gasteiger partial charge in [-0.3, -0.25) is 0 Å². The molecule has 3 nitrogen and oxygen atoms in total. The summed E-state index contributed by atoms with van der Waals surface area (Å²) >= 11 is 0. The molecule has 2 aromatic carbocycles. The van der Waals surface area contributed by atoms with Crippen molar-refractivity contribution in [3.8, 4) is 11.5 Å². The van der Waals surface area contributed by atoms with Gasteiger partial charge in [0.1, 0.15) is 24.7 Å². The summed E-state index contributed by atoms with van der Waals surface area (Å²) in [6, 6.07) is 17.4. The molecule has 0 amide bonds. The molecule has 4 unspecified atom stereocenters. The van der Waals surface area contributed by atoms with E-state index in [0.717, 1.165) is 42.1 Å². The molecule has 3 heteroatoms. The molecule has 9 atom stereocenters. The normalized spacial score (nSPS) is 38.4. The largest absolute Gasteiger partial charge is 0.490 e. The highest BCUT2D eigenvalue weighted by Crippen LogP contribution is 2.69. The van der Waals surface area contributed by atoms with Crippen molar-refractivity contribution in [2.24, 2.45) is 34.5 Å². The van der Waals surface area contributed by atoms with Gasteiger partial charge in [-0.15, -0.1) is 0 Å². The van der Waals surface area contributed by atoms with Crippen LogP contribution in [0.2, 0.25) is 0 Å². The first-order valence-corrected chi connectivity index (χ1v) is 15.7. The van der Waals surface area contributed by atoms with Crippen LogP contribution in [0.3, 0.4) is 0 Å². The zero-order valence-corrected chi connectivity index (χ0v) is 24.6. The zero-order chi connectivity index (χ0) is 27.9. The van der Waals surface area contributed by atoms with Crippen LogP contribution in [0.4, 0.5) is 0 Å². The molecule has 0 saturated heterocycles. The van der Waals surface area contributed by atoms with E-state index in [1.165, 1.54) is 49.7 Å². The summed E-state index contributed by atoms with van der Waals surface area (Å²) in [6.45, 7) is 13.7. The highest BCUT2D eigenvalue weighted by molar-refractivity contribution is 5.33. The van der Waals surface area contributed by atoms with Crippen LogP contribution >= 0.6 is 0 Å². The van der Waals surface area contributed by atoms with Crippen LogP contribution in [0.5, 0.6) is 11.5 Å². The topological polar surface area (TPSA) is 38.7 Å². The molecule has 0 aliphatic heterocycles. The van der Waals surface area contributed by atoms with Gasteiger partial charge in [-0.05, 0) is 127 Å². The number of benzene rings is 2. The van der Waals surface area contributed by atoms with Crippen molar-refractivity contribution in [3.05, 3.63) is 85.0 Å². The van der Waals surface area contributed by atoms with Crippen molar-refractivity contribution in [2.45, 2.75) is 83.2 Å². The number of hydrogen-bond acceptors (Lipinski definition) is 3. The minimum absolute atomic E-state index is 0.228. The molecule has 40 heavy (non-hydrogen) atoms. The van der Waals surface area contributed by atoms with Crippen molar-refractivity contribution in [3.63, 3.8) is 0 Å². The standard InChI is InChI=1S/C37H48O3/c1-5-21-39-28-12-7-25(8-13-28)31-23-27-11-16-30-33-18-17-32(26-9-14-29(15-10-26)40-22-6-2)36(33,3)20-19-34(30)37(27,4)24-35(31)38/h5-10,12-15,27,30-35,38H,1-2,11,16-24H2,3-4H3/t27?,30-,31?,32?,33-,34+,35?,36+,37-/m0/s1. The van der Waals surface area contributed by atoms with Crippen LogP contribution in [-0.2, 0) is 0 Å². The lowest BCUT2D eigenvalue weighted by Crippen LogP contribution is -2.55. The van der Waals surface area contributed by atoms with E-state index in [0.29, 0.717) is 30.5 Å². The Kier molecular flexibility index (Phi) is 7.63. The highest BCUT2D eigenvalue weighted by Gasteiger charge is 2.61. The number of rotatable bonds is 8. The van der Waals surface area contributed by atoms with E-state index >= 15 is 0 Å². The lowest BCUT2D eigenvalue weighted by Gasteiger charge is -2.62. The van der Waals surface area contributed by atoms with Crippen molar-refractivity contribution in [2.75, 3.05) is 13.2 Å². The molecule has 0 spiro atoms. The van der Waals surface area contributed by atoms with Crippen molar-refractivity contribution < 1.29 is 14.6 Å². The first-order chi connectivity index (χ1) is 19.4. The third kappa shape index (κ3) is 4.73. The number of aliphatic hydroxyl groups is 1. The molecule has 0 radical (unpaired) electrons. The summed E-state index contributed by atoms with van der Waals surface area (Å²) in [4.78, 5) is 0. The van der Waals surface area contributed by atoms with E-state index in [1.807, 2.05) is 0 Å². The van der Waals surface area contributed by atoms with Crippen LogP contribution in [0, 0.1) is 34.5 Å². The van der Waals surface area contributed by atoms with Gasteiger partial charge in [0, 0.05) is 5.92 Å². The number of ether oxygens (including phenoxy) is 2. The van der Waals surface area contributed by atoms with Gasteiger partial charge in [0.25, 0.3) is 0 Å². The molecule has 0 aromatic heterocycles. The maximum atomic E-state index is 11.6. The van der Waals surface area contributed by atoms with Gasteiger partial charge in [0.05, 0.1) is 6.10 Å². The van der Waals surface area contributed by atoms with Gasteiger partial charge in [0.15, 0.2) is 0 Å². The highest BCUT2D eigenvalue weighted by atomic mass is 16.5. The molecule has 1 N–H and O–H groups in total. The first-order valence-electron chi connectivity index (χ1n) is 15.7. The first kappa shape index (κ1) is 27.6. The lowest BCUT2D eigenvalue weighted by molar-refractivity contribution is -0.132. The molecule has 6 rings (SSSR count). The Morgan fingerprint density at radius 3 is 2.00 bits per heavy atom. The minimum Gasteiger partial charge on any atom is -0.490 e. The van der Waals surface area contributed by atoms with Crippen LogP contribution < -0.4 is 9.47 Å². The van der Waals surface area contributed by atoms with Crippen LogP contribution in [0.25, 0.3) is 0 Å². The predicted octanol–water partition coefficient (Wildman–Crippen LogP) is 8.70. The Hall–Kier alpha value is -2.52. The molecule has 0 bridgehead atoms. The Labute approximate surface area is 241 Å². The number of fused-ring (bicyclic) bond motifs is 5. The summed E-state index contributed by atoms with van der Waals surface area (Å²) in [7, 11) is 0. The Bertz CT molecular complexity index is 1180. The number of aliphatic hydroxyl groups excluding tert-OH is 1. The van der Waals surface area contributed by atoms with Gasteiger partial charge in [-0.2, -0.15) is 0 Å². The zero-order valence-electron chi connectivity index (χ0n) is 24.6. The fraction of sp³-hybridized carbons (Fsp3) is 0.568. The van der Waals surface area contributed by atoms with Gasteiger partial charge >= 0.3 is 0 Å². The second-order valence-corrected chi connectivity index (χ2v) is 13.8. The molecule has 4 saturated carbocycles. The van der Waals surface area contributed by atoms with E-state index in [2.05, 4.69) is 75.5 Å². The predicted molar refractivity (Wildman–Crippen MR) is 163 cm³/mol. The van der Waals surface area contributed by atoms with Crippen LogP contribution in [-0.4, -0.2) is 24.4 Å². The summed E-state index contributed by atoms with van der Waals surface area (Å²) < 4.78 is 11.4. The smallest absolute Gasteiger partial charge is 0.119 e. The van der Waals surface area contributed by atoms with Crippen LogP contribution in [0.1, 0.15) is 88.2 Å². The van der Waals surface area contributed by atoms with E-state index in [1.54, 1.807) is 12.2 Å². The second-order valence-electron chi connectivity index (χ2n) is 13.8. The Morgan fingerprint density at radius 2 is 1.38 bits per heavy atom. The molecule has 4 fully saturated rings. The molecule has 2 aromatic rings. The lowest BCUT2D eigenvalue weighted by atomic mass is 9.43. The fourth-order valence-electron chi connectivity index (χ4n) is 10.1. The van der Waals surface area contributed by atoms with E-state index in [9.17, 15) is 5.11 Å². The summed E-state index contributed by atoms with van der Waals surface area (Å²) in [5.41, 5.74) is 3.37. The summed E-state index contributed by atoms with van der Waals surface area (Å²) in [5.74, 6) is 5.70. The molecule has 4 aliphatic rings. The number of hydrogen-bond donors (Lipinski definition) is 1. The average molecular weight is 541 g/mol. The van der Waals surface area contributed by atoms with Gasteiger partial charge < -0.3 is 14.6 Å². The summed E-state index contributed by atoms with van der Waals surface area (Å²) in [5, 5.41) is 11.6. The van der Waals surface area contributed by atoms with Crippen molar-refractivity contribution >= 4 is 0 Å². The van der Waals surface area contributed by atoms with Crippen molar-refractivity contribution in [1.82, 2.24) is 0 Å². The van der Waals surface area contributed by atoms with E-state index < -0.39 is 0 Å². The second kappa shape index (κ2) is 11.0. The molecule has 0 heterocycles. The Morgan fingerprint density at radius 1 is 0.775 bits per heavy atom. The monoisotopic (exact) mass is 540 g/mol. The third-order valence-electron chi connectivity index (χ3n) is 12.0. The van der Waals surface area contributed by atoms with E-state index in [-0.39, 0.29) is 17.4 Å².